The van der Waals surface area contributed by atoms with Gasteiger partial charge in [0.1, 0.15) is 16.4 Å². The molecule has 88 valence electrons. The molecule has 3 nitrogen and oxygen atoms in total. The first kappa shape index (κ1) is 11.6. The quantitative estimate of drug-likeness (QED) is 0.835. The molecule has 5 heteroatoms. The fourth-order valence-electron chi connectivity index (χ4n) is 1.55. The lowest BCUT2D eigenvalue weighted by Gasteiger charge is -2.03. The predicted molar refractivity (Wildman–Crippen MR) is 65.5 cm³/mol. The summed E-state index contributed by atoms with van der Waals surface area (Å²) in [5.74, 6) is -0.869. The molecule has 2 aromatic rings. The first-order chi connectivity index (χ1) is 8.13. The SMILES string of the molecule is COC(=O)c1c(-c2cccc(F)c2)csc1N. The highest BCUT2D eigenvalue weighted by Crippen LogP contribution is 2.34. The topological polar surface area (TPSA) is 52.3 Å². The van der Waals surface area contributed by atoms with Crippen LogP contribution in [0.5, 0.6) is 0 Å². The minimum Gasteiger partial charge on any atom is -0.465 e. The fourth-order valence-corrected chi connectivity index (χ4v) is 2.36. The molecule has 0 spiro atoms. The van der Waals surface area contributed by atoms with Crippen LogP contribution in [-0.4, -0.2) is 13.1 Å². The number of nitrogen functional groups attached to an aromatic ring is 1. The number of carbonyl (C=O) groups excluding carboxylic acids is 1. The van der Waals surface area contributed by atoms with Gasteiger partial charge in [0, 0.05) is 10.9 Å². The van der Waals surface area contributed by atoms with E-state index in [9.17, 15) is 9.18 Å². The normalized spacial score (nSPS) is 10.2. The zero-order chi connectivity index (χ0) is 12.4. The number of thiophene rings is 1. The minimum atomic E-state index is -0.511. The summed E-state index contributed by atoms with van der Waals surface area (Å²) >= 11 is 1.23. The minimum absolute atomic E-state index is 0.295. The predicted octanol–water partition coefficient (Wildman–Crippen LogP) is 2.92. The monoisotopic (exact) mass is 251 g/mol. The maximum atomic E-state index is 13.1. The van der Waals surface area contributed by atoms with Gasteiger partial charge in [-0.05, 0) is 17.7 Å². The number of methoxy groups -OCH3 is 1. The maximum absolute atomic E-state index is 13.1. The summed E-state index contributed by atoms with van der Waals surface area (Å²) < 4.78 is 17.8. The summed E-state index contributed by atoms with van der Waals surface area (Å²) in [5, 5.41) is 2.09. The van der Waals surface area contributed by atoms with E-state index in [2.05, 4.69) is 4.74 Å². The number of benzene rings is 1. The largest absolute Gasteiger partial charge is 0.465 e. The summed E-state index contributed by atoms with van der Waals surface area (Å²) in [5.41, 5.74) is 7.22. The average Bonchev–Trinajstić information content (AvgIpc) is 2.70. The lowest BCUT2D eigenvalue weighted by molar-refractivity contribution is 0.0603. The first-order valence-corrected chi connectivity index (χ1v) is 5.72. The number of esters is 1. The number of halogens is 1. The Morgan fingerprint density at radius 2 is 2.24 bits per heavy atom. The second-order valence-electron chi connectivity index (χ2n) is 3.39. The highest BCUT2D eigenvalue weighted by atomic mass is 32.1. The van der Waals surface area contributed by atoms with Gasteiger partial charge in [0.2, 0.25) is 0 Å². The van der Waals surface area contributed by atoms with Crippen LogP contribution in [0.2, 0.25) is 0 Å². The van der Waals surface area contributed by atoms with E-state index < -0.39 is 5.97 Å². The molecule has 1 aromatic carbocycles. The van der Waals surface area contributed by atoms with Gasteiger partial charge < -0.3 is 10.5 Å². The van der Waals surface area contributed by atoms with Gasteiger partial charge in [-0.3, -0.25) is 0 Å². The summed E-state index contributed by atoms with van der Waals surface area (Å²) in [7, 11) is 1.29. The van der Waals surface area contributed by atoms with E-state index in [-0.39, 0.29) is 5.82 Å². The van der Waals surface area contributed by atoms with Crippen LogP contribution in [-0.2, 0) is 4.74 Å². The van der Waals surface area contributed by atoms with Gasteiger partial charge in [-0.15, -0.1) is 11.3 Å². The molecule has 1 aromatic heterocycles. The zero-order valence-corrected chi connectivity index (χ0v) is 9.88. The molecule has 17 heavy (non-hydrogen) atoms. The van der Waals surface area contributed by atoms with E-state index >= 15 is 0 Å². The summed E-state index contributed by atoms with van der Waals surface area (Å²) in [6.45, 7) is 0. The molecule has 0 amide bonds. The molecule has 0 unspecified atom stereocenters. The molecule has 0 aliphatic heterocycles. The molecule has 1 heterocycles. The molecular formula is C12H10FNO2S. The van der Waals surface area contributed by atoms with Crippen molar-refractivity contribution in [1.82, 2.24) is 0 Å². The number of ether oxygens (including phenoxy) is 1. The third-order valence-electron chi connectivity index (χ3n) is 2.34. The first-order valence-electron chi connectivity index (χ1n) is 4.84. The molecule has 0 saturated heterocycles. The third kappa shape index (κ3) is 2.14. The van der Waals surface area contributed by atoms with Crippen LogP contribution in [0.4, 0.5) is 9.39 Å². The lowest BCUT2D eigenvalue weighted by atomic mass is 10.0. The van der Waals surface area contributed by atoms with E-state index in [0.717, 1.165) is 0 Å². The van der Waals surface area contributed by atoms with Crippen LogP contribution in [0, 0.1) is 5.82 Å². The number of nitrogens with two attached hydrogens (primary N) is 1. The molecule has 2 N–H and O–H groups in total. The Bertz CT molecular complexity index is 565. The van der Waals surface area contributed by atoms with Crippen LogP contribution in [0.1, 0.15) is 10.4 Å². The van der Waals surface area contributed by atoms with Crippen molar-refractivity contribution >= 4 is 22.3 Å². The molecule has 0 atom stereocenters. The van der Waals surface area contributed by atoms with Gasteiger partial charge in [0.25, 0.3) is 0 Å². The number of rotatable bonds is 2. The lowest BCUT2D eigenvalue weighted by Crippen LogP contribution is -2.04. The molecule has 0 radical (unpaired) electrons. The van der Waals surface area contributed by atoms with Gasteiger partial charge in [0.15, 0.2) is 0 Å². The number of hydrogen-bond acceptors (Lipinski definition) is 4. The highest BCUT2D eigenvalue weighted by molar-refractivity contribution is 7.14. The highest BCUT2D eigenvalue weighted by Gasteiger charge is 2.19. The number of anilines is 1. The summed E-state index contributed by atoms with van der Waals surface area (Å²) in [6.07, 6.45) is 0. The van der Waals surface area contributed by atoms with Crippen molar-refractivity contribution in [2.24, 2.45) is 0 Å². The molecule has 0 aliphatic carbocycles. The van der Waals surface area contributed by atoms with E-state index in [1.807, 2.05) is 0 Å². The molecule has 0 bridgehead atoms. The van der Waals surface area contributed by atoms with Gasteiger partial charge in [-0.1, -0.05) is 12.1 Å². The van der Waals surface area contributed by atoms with Crippen molar-refractivity contribution in [3.05, 3.63) is 41.0 Å². The number of carbonyl (C=O) groups is 1. The van der Waals surface area contributed by atoms with Crippen LogP contribution in [0.25, 0.3) is 11.1 Å². The second-order valence-corrected chi connectivity index (χ2v) is 4.30. The van der Waals surface area contributed by atoms with Crippen LogP contribution in [0.3, 0.4) is 0 Å². The molecule has 0 aliphatic rings. The van der Waals surface area contributed by atoms with Gasteiger partial charge in [0.05, 0.1) is 7.11 Å². The van der Waals surface area contributed by atoms with E-state index in [4.69, 9.17) is 5.73 Å². The van der Waals surface area contributed by atoms with Crippen molar-refractivity contribution in [2.75, 3.05) is 12.8 Å². The molecule has 0 fully saturated rings. The molecule has 2 rings (SSSR count). The molecular weight excluding hydrogens is 241 g/mol. The van der Waals surface area contributed by atoms with Gasteiger partial charge in [-0.25, -0.2) is 9.18 Å². The van der Waals surface area contributed by atoms with Gasteiger partial charge in [-0.2, -0.15) is 0 Å². The van der Waals surface area contributed by atoms with Crippen LogP contribution in [0.15, 0.2) is 29.6 Å². The Hall–Kier alpha value is -1.88. The van der Waals surface area contributed by atoms with E-state index in [0.29, 0.717) is 21.7 Å². The number of hydrogen-bond donors (Lipinski definition) is 1. The van der Waals surface area contributed by atoms with Crippen molar-refractivity contribution in [2.45, 2.75) is 0 Å². The summed E-state index contributed by atoms with van der Waals surface area (Å²) in [6, 6.07) is 6.00. The van der Waals surface area contributed by atoms with Crippen LogP contribution < -0.4 is 5.73 Å². The van der Waals surface area contributed by atoms with Crippen LogP contribution >= 0.6 is 11.3 Å². The Morgan fingerprint density at radius 1 is 1.47 bits per heavy atom. The van der Waals surface area contributed by atoms with Crippen molar-refractivity contribution in [1.29, 1.82) is 0 Å². The summed E-state index contributed by atoms with van der Waals surface area (Å²) in [4.78, 5) is 11.6. The van der Waals surface area contributed by atoms with Gasteiger partial charge >= 0.3 is 5.97 Å². The zero-order valence-electron chi connectivity index (χ0n) is 9.07. The fraction of sp³-hybridized carbons (Fsp3) is 0.0833. The van der Waals surface area contributed by atoms with Crippen molar-refractivity contribution in [3.63, 3.8) is 0 Å². The standard InChI is InChI=1S/C12H10FNO2S/c1-16-12(15)10-9(6-17-11(10)14)7-3-2-4-8(13)5-7/h2-6H,14H2,1H3. The Labute approximate surface area is 102 Å². The van der Waals surface area contributed by atoms with E-state index in [1.54, 1.807) is 17.5 Å². The smallest absolute Gasteiger partial charge is 0.341 e. The Morgan fingerprint density at radius 3 is 2.88 bits per heavy atom. The average molecular weight is 251 g/mol. The Kier molecular flexibility index (Phi) is 3.10. The Balaban J connectivity index is 2.57. The maximum Gasteiger partial charge on any atom is 0.341 e. The molecule has 0 saturated carbocycles. The van der Waals surface area contributed by atoms with Crippen molar-refractivity contribution in [3.8, 4) is 11.1 Å². The van der Waals surface area contributed by atoms with E-state index in [1.165, 1.54) is 30.6 Å². The second kappa shape index (κ2) is 4.55. The van der Waals surface area contributed by atoms with Crippen molar-refractivity contribution < 1.29 is 13.9 Å². The third-order valence-corrected chi connectivity index (χ3v) is 3.16.